The van der Waals surface area contributed by atoms with Crippen LogP contribution in [0.1, 0.15) is 13.3 Å². The van der Waals surface area contributed by atoms with E-state index in [-0.39, 0.29) is 13.2 Å². The van der Waals surface area contributed by atoms with E-state index in [0.29, 0.717) is 6.42 Å². The lowest BCUT2D eigenvalue weighted by molar-refractivity contribution is 0.238. The molecule has 2 heteroatoms. The third kappa shape index (κ3) is 2.99. The maximum atomic E-state index is 8.44. The topological polar surface area (TPSA) is 40.5 Å². The van der Waals surface area contributed by atoms with Crippen LogP contribution in [0.5, 0.6) is 0 Å². The predicted molar refractivity (Wildman–Crippen MR) is 32.0 cm³/mol. The number of aliphatic hydroxyl groups excluding tert-OH is 2. The Morgan fingerprint density at radius 3 is 2.00 bits per heavy atom. The molecule has 0 aliphatic heterocycles. The minimum Gasteiger partial charge on any atom is -0.396 e. The third-order valence-electron chi connectivity index (χ3n) is 0.940. The highest BCUT2D eigenvalue weighted by atomic mass is 16.3. The lowest BCUT2D eigenvalue weighted by Crippen LogP contribution is -2.07. The van der Waals surface area contributed by atoms with Gasteiger partial charge in [-0.05, 0) is 12.8 Å². The van der Waals surface area contributed by atoms with E-state index in [4.69, 9.17) is 10.2 Å². The van der Waals surface area contributed by atoms with E-state index < -0.39 is 0 Å². The smallest absolute Gasteiger partial charge is 0.0516 e. The van der Waals surface area contributed by atoms with Gasteiger partial charge in [0.25, 0.3) is 0 Å². The molecular formula is C6H12O2. The normalized spacial score (nSPS) is 10.5. The van der Waals surface area contributed by atoms with E-state index in [1.807, 2.05) is 13.3 Å². The van der Waals surface area contributed by atoms with Gasteiger partial charge >= 0.3 is 0 Å². The molecule has 0 saturated carbocycles. The Kier molecular flexibility index (Phi) is 5.01. The van der Waals surface area contributed by atoms with E-state index >= 15 is 0 Å². The largest absolute Gasteiger partial charge is 0.396 e. The van der Waals surface area contributed by atoms with Crippen molar-refractivity contribution in [3.63, 3.8) is 0 Å². The molecular weight excluding hydrogens is 104 g/mol. The molecule has 2 N–H and O–H groups in total. The fourth-order valence-electron chi connectivity index (χ4n) is 0.468. The summed E-state index contributed by atoms with van der Waals surface area (Å²) in [6.07, 6.45) is 2.62. The second kappa shape index (κ2) is 5.06. The van der Waals surface area contributed by atoms with Crippen LogP contribution in [0.25, 0.3) is 0 Å². The molecule has 0 aliphatic carbocycles. The minimum atomic E-state index is 0.000833. The van der Waals surface area contributed by atoms with Crippen LogP contribution < -0.4 is 0 Å². The van der Waals surface area contributed by atoms with Gasteiger partial charge in [-0.2, -0.15) is 0 Å². The number of aliphatic hydroxyl groups is 2. The van der Waals surface area contributed by atoms with E-state index in [9.17, 15) is 0 Å². The van der Waals surface area contributed by atoms with Gasteiger partial charge in [-0.25, -0.2) is 0 Å². The van der Waals surface area contributed by atoms with Crippen molar-refractivity contribution < 1.29 is 10.2 Å². The SMILES string of the molecule is C[CH]C[C](CO)CO. The maximum Gasteiger partial charge on any atom is 0.0516 e. The van der Waals surface area contributed by atoms with Gasteiger partial charge in [0.15, 0.2) is 0 Å². The Balaban J connectivity index is 3.07. The number of hydrogen-bond acceptors (Lipinski definition) is 2. The molecule has 0 aromatic heterocycles. The Morgan fingerprint density at radius 2 is 1.88 bits per heavy atom. The van der Waals surface area contributed by atoms with Crippen LogP contribution in [0, 0.1) is 12.3 Å². The van der Waals surface area contributed by atoms with Crippen LogP contribution in [-0.2, 0) is 0 Å². The Morgan fingerprint density at radius 1 is 1.38 bits per heavy atom. The van der Waals surface area contributed by atoms with Crippen molar-refractivity contribution in [3.05, 3.63) is 12.3 Å². The van der Waals surface area contributed by atoms with E-state index in [1.54, 1.807) is 0 Å². The monoisotopic (exact) mass is 116 g/mol. The minimum absolute atomic E-state index is 0.000833. The first-order valence-corrected chi connectivity index (χ1v) is 2.68. The van der Waals surface area contributed by atoms with Gasteiger partial charge in [0.1, 0.15) is 0 Å². The van der Waals surface area contributed by atoms with Gasteiger partial charge in [-0.1, -0.05) is 6.92 Å². The quantitative estimate of drug-likeness (QED) is 0.549. The molecule has 0 unspecified atom stereocenters. The van der Waals surface area contributed by atoms with Crippen molar-refractivity contribution in [1.29, 1.82) is 0 Å². The standard InChI is InChI=1S/C6H12O2/c1-2-3-6(4-7)5-8/h2,7-8H,3-5H2,1H3. The zero-order valence-electron chi connectivity index (χ0n) is 5.09. The summed E-state index contributed by atoms with van der Waals surface area (Å²) < 4.78 is 0. The highest BCUT2D eigenvalue weighted by Crippen LogP contribution is 2.04. The van der Waals surface area contributed by atoms with Crippen LogP contribution in [-0.4, -0.2) is 23.4 Å². The number of rotatable bonds is 4. The molecule has 0 bridgehead atoms. The second-order valence-corrected chi connectivity index (χ2v) is 1.68. The molecule has 0 heterocycles. The molecule has 0 aliphatic rings. The lowest BCUT2D eigenvalue weighted by Gasteiger charge is -2.05. The first kappa shape index (κ1) is 7.92. The van der Waals surface area contributed by atoms with Crippen molar-refractivity contribution in [2.24, 2.45) is 0 Å². The zero-order chi connectivity index (χ0) is 6.41. The summed E-state index contributed by atoms with van der Waals surface area (Å²) in [6.45, 7) is 1.90. The summed E-state index contributed by atoms with van der Waals surface area (Å²) in [5.41, 5.74) is 0. The zero-order valence-corrected chi connectivity index (χ0v) is 5.09. The fourth-order valence-corrected chi connectivity index (χ4v) is 0.468. The maximum absolute atomic E-state index is 8.44. The average Bonchev–Trinajstić information content (AvgIpc) is 1.83. The second-order valence-electron chi connectivity index (χ2n) is 1.68. The van der Waals surface area contributed by atoms with Gasteiger partial charge < -0.3 is 10.2 Å². The Labute approximate surface area is 50.2 Å². The Bertz CT molecular complexity index is 41.8. The van der Waals surface area contributed by atoms with E-state index in [0.717, 1.165) is 5.92 Å². The van der Waals surface area contributed by atoms with Crippen LogP contribution >= 0.6 is 0 Å². The molecule has 2 nitrogen and oxygen atoms in total. The summed E-state index contributed by atoms with van der Waals surface area (Å²) in [6, 6.07) is 0. The average molecular weight is 116 g/mol. The number of hydrogen-bond donors (Lipinski definition) is 2. The summed E-state index contributed by atoms with van der Waals surface area (Å²) in [5.74, 6) is 0.771. The molecule has 0 saturated heterocycles. The van der Waals surface area contributed by atoms with Gasteiger partial charge in [-0.15, -0.1) is 0 Å². The molecule has 0 aromatic rings. The first-order chi connectivity index (χ1) is 3.85. The van der Waals surface area contributed by atoms with Crippen molar-refractivity contribution in [1.82, 2.24) is 0 Å². The van der Waals surface area contributed by atoms with Crippen molar-refractivity contribution in [2.75, 3.05) is 13.2 Å². The molecule has 0 atom stereocenters. The van der Waals surface area contributed by atoms with Crippen LogP contribution in [0.4, 0.5) is 0 Å². The van der Waals surface area contributed by atoms with Gasteiger partial charge in [0, 0.05) is 5.92 Å². The molecule has 0 rings (SSSR count). The van der Waals surface area contributed by atoms with Gasteiger partial charge in [0.05, 0.1) is 13.2 Å². The molecule has 48 valence electrons. The third-order valence-corrected chi connectivity index (χ3v) is 0.940. The predicted octanol–water partition coefficient (Wildman–Crippen LogP) is 0.160. The molecule has 0 amide bonds. The molecule has 0 spiro atoms. The molecule has 0 aromatic carbocycles. The van der Waals surface area contributed by atoms with Crippen LogP contribution in [0.3, 0.4) is 0 Å². The highest BCUT2D eigenvalue weighted by Gasteiger charge is 2.02. The van der Waals surface area contributed by atoms with Gasteiger partial charge in [-0.3, -0.25) is 0 Å². The van der Waals surface area contributed by atoms with Gasteiger partial charge in [0.2, 0.25) is 0 Å². The first-order valence-electron chi connectivity index (χ1n) is 2.68. The molecule has 8 heavy (non-hydrogen) atoms. The summed E-state index contributed by atoms with van der Waals surface area (Å²) in [5, 5.41) is 16.9. The van der Waals surface area contributed by atoms with E-state index in [2.05, 4.69) is 0 Å². The van der Waals surface area contributed by atoms with Crippen molar-refractivity contribution in [3.8, 4) is 0 Å². The van der Waals surface area contributed by atoms with Crippen LogP contribution in [0.2, 0.25) is 0 Å². The molecule has 2 radical (unpaired) electrons. The molecule has 0 fully saturated rings. The Hall–Kier alpha value is -0.0800. The summed E-state index contributed by atoms with van der Waals surface area (Å²) in [7, 11) is 0. The van der Waals surface area contributed by atoms with Crippen LogP contribution in [0.15, 0.2) is 0 Å². The van der Waals surface area contributed by atoms with E-state index in [1.165, 1.54) is 0 Å². The summed E-state index contributed by atoms with van der Waals surface area (Å²) in [4.78, 5) is 0. The van der Waals surface area contributed by atoms with Crippen molar-refractivity contribution in [2.45, 2.75) is 13.3 Å². The lowest BCUT2D eigenvalue weighted by atomic mass is 10.1. The highest BCUT2D eigenvalue weighted by molar-refractivity contribution is 4.91. The summed E-state index contributed by atoms with van der Waals surface area (Å²) >= 11 is 0. The van der Waals surface area contributed by atoms with Crippen molar-refractivity contribution >= 4 is 0 Å². The fraction of sp³-hybridized carbons (Fsp3) is 0.667.